The van der Waals surface area contributed by atoms with Gasteiger partial charge in [0.25, 0.3) is 0 Å². The fraction of sp³-hybridized carbons (Fsp3) is 0.0323. The van der Waals surface area contributed by atoms with E-state index in [1.54, 1.807) is 0 Å². The topological polar surface area (TPSA) is 0 Å². The Balaban J connectivity index is 1.36. The largest absolute Gasteiger partial charge is 0.195 e. The van der Waals surface area contributed by atoms with Crippen LogP contribution in [0.25, 0.3) is 39.1 Å². The molecule has 0 saturated carbocycles. The summed E-state index contributed by atoms with van der Waals surface area (Å²) in [6.45, 7) is 0. The predicted octanol–water partition coefficient (Wildman–Crippen LogP) is 9.38. The fourth-order valence-electron chi connectivity index (χ4n) is 4.70. The summed E-state index contributed by atoms with van der Waals surface area (Å²) in [6, 6.07) is 39.9. The summed E-state index contributed by atoms with van der Waals surface area (Å²) in [7, 11) is -0.402. The van der Waals surface area contributed by atoms with Gasteiger partial charge in [0.1, 0.15) is 0 Å². The van der Waals surface area contributed by atoms with Crippen LogP contribution >= 0.6 is 26.8 Å². The van der Waals surface area contributed by atoms with Crippen LogP contribution in [0.3, 0.4) is 0 Å². The number of hydrogen-bond donors (Lipinski definition) is 1. The van der Waals surface area contributed by atoms with Gasteiger partial charge in [-0.05, 0) is 73.8 Å². The molecule has 0 aromatic heterocycles. The highest BCUT2D eigenvalue weighted by atomic mass is 79.9. The van der Waals surface area contributed by atoms with Crippen LogP contribution in [0, 0.1) is 0 Å². The number of hydrogen-bond acceptors (Lipinski definition) is 0. The van der Waals surface area contributed by atoms with Gasteiger partial charge >= 0.3 is 0 Å². The van der Waals surface area contributed by atoms with Crippen LogP contribution in [0.4, 0.5) is 0 Å². The monoisotopic (exact) mass is 506 g/mol. The minimum atomic E-state index is -0.402. The second-order valence-corrected chi connectivity index (χ2v) is 11.5. The molecule has 0 fully saturated rings. The lowest BCUT2D eigenvalue weighted by Crippen LogP contribution is -1.98. The zero-order valence-corrected chi connectivity index (χ0v) is 20.6. The van der Waals surface area contributed by atoms with Crippen molar-refractivity contribution in [3.63, 3.8) is 0 Å². The van der Waals surface area contributed by atoms with Crippen LogP contribution in [0.1, 0.15) is 5.56 Å². The van der Waals surface area contributed by atoms with Crippen molar-refractivity contribution in [2.24, 2.45) is 0 Å². The van der Waals surface area contributed by atoms with Crippen molar-refractivity contribution in [3.05, 3.63) is 125 Å². The lowest BCUT2D eigenvalue weighted by Gasteiger charge is -2.28. The van der Waals surface area contributed by atoms with Gasteiger partial charge in [0.2, 0.25) is 0 Å². The minimum absolute atomic E-state index is 0.402. The molecule has 0 saturated heterocycles. The van der Waals surface area contributed by atoms with E-state index in [1.165, 1.54) is 48.4 Å². The molecular weight excluding hydrogens is 484 g/mol. The van der Waals surface area contributed by atoms with Gasteiger partial charge in [-0.25, -0.2) is 0 Å². The zero-order chi connectivity index (χ0) is 22.2. The summed E-state index contributed by atoms with van der Waals surface area (Å²) in [5.74, 6) is 1.11. The van der Waals surface area contributed by atoms with Crippen molar-refractivity contribution in [1.29, 1.82) is 0 Å². The molecule has 1 atom stereocenters. The maximum atomic E-state index is 3.59. The average molecular weight is 507 g/mol. The maximum Gasteiger partial charge on any atom is 0.0181 e. The van der Waals surface area contributed by atoms with Crippen LogP contribution in [0.2, 0.25) is 0 Å². The molecule has 0 aliphatic carbocycles. The molecule has 160 valence electrons. The van der Waals surface area contributed by atoms with Crippen molar-refractivity contribution in [2.75, 3.05) is 5.75 Å². The molecule has 5 aromatic rings. The number of rotatable bonds is 3. The number of halogens is 1. The summed E-state index contributed by atoms with van der Waals surface area (Å²) < 4.78 is 1.10. The van der Waals surface area contributed by atoms with Crippen LogP contribution in [0.15, 0.2) is 130 Å². The van der Waals surface area contributed by atoms with Gasteiger partial charge < -0.3 is 0 Å². The van der Waals surface area contributed by atoms with Crippen LogP contribution in [0.5, 0.6) is 0 Å². The van der Waals surface area contributed by atoms with E-state index in [-0.39, 0.29) is 0 Å². The second-order valence-electron chi connectivity index (χ2n) is 8.38. The van der Waals surface area contributed by atoms with Crippen LogP contribution < -0.4 is 0 Å². The second kappa shape index (κ2) is 8.70. The number of fused-ring (bicyclic) bond motifs is 3. The average Bonchev–Trinajstić information content (AvgIpc) is 2.88. The lowest BCUT2D eigenvalue weighted by atomic mass is 9.99. The summed E-state index contributed by atoms with van der Waals surface area (Å²) in [6.07, 6.45) is 4.64. The minimum Gasteiger partial charge on any atom is -0.195 e. The molecule has 1 aliphatic heterocycles. The molecule has 1 aliphatic rings. The first-order valence-electron chi connectivity index (χ1n) is 11.2. The Kier molecular flexibility index (Phi) is 5.41. The third-order valence-electron chi connectivity index (χ3n) is 6.32. The third-order valence-corrected chi connectivity index (χ3v) is 9.35. The van der Waals surface area contributed by atoms with Gasteiger partial charge in [-0.1, -0.05) is 107 Å². The fourth-order valence-corrected chi connectivity index (χ4v) is 7.53. The van der Waals surface area contributed by atoms with E-state index in [0.29, 0.717) is 0 Å². The highest BCUT2D eigenvalue weighted by Gasteiger charge is 2.18. The Morgan fingerprint density at radius 3 is 2.15 bits per heavy atom. The molecule has 0 bridgehead atoms. The molecule has 0 amide bonds. The molecule has 0 nitrogen and oxygen atoms in total. The molecule has 0 radical (unpaired) electrons. The van der Waals surface area contributed by atoms with Crippen molar-refractivity contribution in [3.8, 4) is 22.3 Å². The Morgan fingerprint density at radius 2 is 1.33 bits per heavy atom. The van der Waals surface area contributed by atoms with Crippen molar-refractivity contribution < 1.29 is 0 Å². The highest BCUT2D eigenvalue weighted by molar-refractivity contribution is 9.10. The van der Waals surface area contributed by atoms with Crippen molar-refractivity contribution in [1.82, 2.24) is 0 Å². The highest BCUT2D eigenvalue weighted by Crippen LogP contribution is 2.51. The van der Waals surface area contributed by atoms with Gasteiger partial charge in [0.05, 0.1) is 0 Å². The zero-order valence-electron chi connectivity index (χ0n) is 18.1. The Hall–Kier alpha value is -3.07. The maximum absolute atomic E-state index is 3.59. The Morgan fingerprint density at radius 1 is 0.606 bits per heavy atom. The first kappa shape index (κ1) is 20.5. The first-order valence-corrected chi connectivity index (χ1v) is 13.5. The van der Waals surface area contributed by atoms with E-state index in [4.69, 9.17) is 0 Å². The molecule has 1 unspecified atom stereocenters. The molecular formula is C31H23BrS. The molecule has 33 heavy (non-hydrogen) atoms. The number of benzene rings is 5. The van der Waals surface area contributed by atoms with Gasteiger partial charge in [0.15, 0.2) is 0 Å². The summed E-state index contributed by atoms with van der Waals surface area (Å²) in [4.78, 5) is 2.97. The van der Waals surface area contributed by atoms with Crippen LogP contribution in [-0.4, -0.2) is 5.75 Å². The quantitative estimate of drug-likeness (QED) is 0.231. The first-order chi connectivity index (χ1) is 16.3. The molecule has 2 heteroatoms. The summed E-state index contributed by atoms with van der Waals surface area (Å²) in [5.41, 5.74) is 6.35. The third kappa shape index (κ3) is 3.94. The van der Waals surface area contributed by atoms with Gasteiger partial charge in [-0.2, -0.15) is 10.9 Å². The van der Waals surface area contributed by atoms with Gasteiger partial charge in [0, 0.05) is 15.1 Å². The summed E-state index contributed by atoms with van der Waals surface area (Å²) >= 11 is 3.59. The van der Waals surface area contributed by atoms with E-state index >= 15 is 0 Å². The van der Waals surface area contributed by atoms with E-state index in [1.807, 2.05) is 0 Å². The normalized spacial score (nSPS) is 16.0. The number of thiol groups is 1. The summed E-state index contributed by atoms with van der Waals surface area (Å²) in [5, 5.41) is 2.73. The molecule has 6 rings (SSSR count). The molecule has 5 aromatic carbocycles. The standard InChI is InChI=1S/C31H23BrS/c32-28-11-4-9-27(21-28)26-8-3-7-25(20-26)22-15-17-29(18-16-22)33-19-5-10-24-14-13-23-6-1-2-12-30(23)31(24)33/h1-18,20-21,33H,19H2. The smallest absolute Gasteiger partial charge is 0.0181 e. The SMILES string of the molecule is Brc1cccc(-c2cccc(-c3ccc([SH]4CC=Cc5ccc6ccccc6c54)cc3)c2)c1. The Bertz CT molecular complexity index is 1500. The lowest BCUT2D eigenvalue weighted by molar-refractivity contribution is 1.37. The van der Waals surface area contributed by atoms with E-state index in [2.05, 4.69) is 137 Å². The molecule has 0 N–H and O–H groups in total. The van der Waals surface area contributed by atoms with E-state index < -0.39 is 10.9 Å². The van der Waals surface area contributed by atoms with Gasteiger partial charge in [-0.15, -0.1) is 0 Å². The van der Waals surface area contributed by atoms with Crippen molar-refractivity contribution >= 4 is 43.7 Å². The van der Waals surface area contributed by atoms with Crippen molar-refractivity contribution in [2.45, 2.75) is 9.79 Å². The van der Waals surface area contributed by atoms with Gasteiger partial charge in [-0.3, -0.25) is 0 Å². The van der Waals surface area contributed by atoms with E-state index in [9.17, 15) is 0 Å². The molecule has 0 spiro atoms. The van der Waals surface area contributed by atoms with Crippen LogP contribution in [-0.2, 0) is 0 Å². The predicted molar refractivity (Wildman–Crippen MR) is 148 cm³/mol. The van der Waals surface area contributed by atoms with E-state index in [0.717, 1.165) is 10.2 Å². The Labute approximate surface area is 206 Å². The molecule has 1 heterocycles.